The molecule has 1 heterocycles. The molecule has 0 radical (unpaired) electrons. The van der Waals surface area contributed by atoms with E-state index in [1.165, 1.54) is 0 Å². The number of aliphatic hydroxyl groups is 4. The first-order valence-corrected chi connectivity index (χ1v) is 4.15. The van der Waals surface area contributed by atoms with Gasteiger partial charge in [-0.15, -0.1) is 0 Å². The Morgan fingerprint density at radius 3 is 2.17 bits per heavy atom. The molecule has 1 aliphatic rings. The van der Waals surface area contributed by atoms with E-state index in [0.717, 1.165) is 0 Å². The van der Waals surface area contributed by atoms with Crippen molar-refractivity contribution in [1.29, 1.82) is 0 Å². The van der Waals surface area contributed by atoms with Gasteiger partial charge in [0.25, 0.3) is 0 Å². The number of hydrogen-bond acceptors (Lipinski definition) is 5. The van der Waals surface area contributed by atoms with Crippen LogP contribution in [0.3, 0.4) is 0 Å². The van der Waals surface area contributed by atoms with Crippen molar-refractivity contribution in [2.24, 2.45) is 0 Å². The number of hydrogen-bond donors (Lipinski definition) is 4. The maximum atomic E-state index is 9.20. The number of rotatable bonds is 1. The van der Waals surface area contributed by atoms with Gasteiger partial charge in [-0.3, -0.25) is 0 Å². The number of ether oxygens (including phenoxy) is 1. The van der Waals surface area contributed by atoms with Crippen molar-refractivity contribution in [3.8, 4) is 0 Å². The van der Waals surface area contributed by atoms with Crippen molar-refractivity contribution in [1.82, 2.24) is 0 Å². The van der Waals surface area contributed by atoms with Crippen molar-refractivity contribution in [3.05, 3.63) is 0 Å². The van der Waals surface area contributed by atoms with Crippen LogP contribution < -0.4 is 0 Å². The van der Waals surface area contributed by atoms with Gasteiger partial charge in [0.05, 0.1) is 0 Å². The summed E-state index contributed by atoms with van der Waals surface area (Å²) in [5, 5.41) is 35.4. The molecular formula is C6H11FeO5. The third-order valence-electron chi connectivity index (χ3n) is 1.82. The second kappa shape index (κ2) is 4.02. The zero-order chi connectivity index (χ0) is 9.30. The van der Waals surface area contributed by atoms with Gasteiger partial charge in [0.2, 0.25) is 0 Å². The van der Waals surface area contributed by atoms with E-state index in [2.05, 4.69) is 16.0 Å². The zero-order valence-electron chi connectivity index (χ0n) is 6.14. The molecule has 1 unspecified atom stereocenters. The number of aliphatic hydroxyl groups excluding tert-OH is 4. The molecule has 5 atom stereocenters. The third kappa shape index (κ3) is 1.80. The Kier molecular flexibility index (Phi) is 3.48. The minimum absolute atomic E-state index is 0.406. The van der Waals surface area contributed by atoms with Crippen LogP contribution in [0.1, 0.15) is 0 Å². The van der Waals surface area contributed by atoms with Crippen LogP contribution in [0.25, 0.3) is 0 Å². The summed E-state index contributed by atoms with van der Waals surface area (Å²) >= 11 is 3.41. The summed E-state index contributed by atoms with van der Waals surface area (Å²) in [4.78, 5) is 0. The van der Waals surface area contributed by atoms with Crippen molar-refractivity contribution in [2.45, 2.75) is 29.4 Å². The average Bonchev–Trinajstić information content (AvgIpc) is 2.08. The van der Waals surface area contributed by atoms with Crippen molar-refractivity contribution in [2.75, 3.05) is 6.61 Å². The second-order valence-electron chi connectivity index (χ2n) is 2.67. The van der Waals surface area contributed by atoms with E-state index < -0.39 is 36.0 Å². The molecule has 0 bridgehead atoms. The van der Waals surface area contributed by atoms with Crippen molar-refractivity contribution < 1.29 is 41.2 Å². The molecule has 1 aliphatic heterocycles. The monoisotopic (exact) mass is 219 g/mol. The van der Waals surface area contributed by atoms with Crippen LogP contribution in [-0.2, 0) is 20.7 Å². The molecule has 6 heteroatoms. The molecule has 12 heavy (non-hydrogen) atoms. The predicted molar refractivity (Wildman–Crippen MR) is 33.8 cm³/mol. The topological polar surface area (TPSA) is 90.2 Å². The van der Waals surface area contributed by atoms with Gasteiger partial charge in [-0.2, -0.15) is 0 Å². The first-order valence-electron chi connectivity index (χ1n) is 3.51. The third-order valence-corrected chi connectivity index (χ3v) is 2.35. The fourth-order valence-corrected chi connectivity index (χ4v) is 1.46. The molecule has 0 saturated carbocycles. The van der Waals surface area contributed by atoms with E-state index >= 15 is 0 Å². The van der Waals surface area contributed by atoms with E-state index in [9.17, 15) is 10.2 Å². The molecule has 1 fully saturated rings. The molecule has 0 aliphatic carbocycles. The first-order chi connectivity index (χ1) is 5.57. The maximum absolute atomic E-state index is 9.20. The summed E-state index contributed by atoms with van der Waals surface area (Å²) < 4.78 is 4.91. The standard InChI is InChI=1S/C6H11O5.Fe/c7-1-4-6(10)5(9)3(8)2-11-4;/h2-10H,1H2;/t3-,4+,5+,6+;/m0./s1. The Hall–Kier alpha value is 0.319. The summed E-state index contributed by atoms with van der Waals surface area (Å²) in [5.41, 5.74) is 0. The molecule has 73 valence electrons. The van der Waals surface area contributed by atoms with Crippen LogP contribution in [0.4, 0.5) is 0 Å². The van der Waals surface area contributed by atoms with Gasteiger partial charge >= 0.3 is 77.2 Å². The Morgan fingerprint density at radius 2 is 1.67 bits per heavy atom. The van der Waals surface area contributed by atoms with E-state index in [0.29, 0.717) is 0 Å². The van der Waals surface area contributed by atoms with Crippen molar-refractivity contribution >= 4 is 0 Å². The molecule has 0 aromatic heterocycles. The van der Waals surface area contributed by atoms with Gasteiger partial charge in [-0.25, -0.2) is 0 Å². The van der Waals surface area contributed by atoms with Gasteiger partial charge in [0.1, 0.15) is 0 Å². The summed E-state index contributed by atoms with van der Waals surface area (Å²) in [6.45, 7) is -0.406. The van der Waals surface area contributed by atoms with Gasteiger partial charge < -0.3 is 0 Å². The Labute approximate surface area is 77.8 Å². The van der Waals surface area contributed by atoms with Crippen LogP contribution in [-0.4, -0.2) is 56.5 Å². The minimum atomic E-state index is -1.31. The van der Waals surface area contributed by atoms with Crippen LogP contribution in [0.5, 0.6) is 0 Å². The van der Waals surface area contributed by atoms with Crippen LogP contribution in [0, 0.1) is 0 Å². The molecule has 0 aromatic carbocycles. The molecule has 5 nitrogen and oxygen atoms in total. The molecule has 0 spiro atoms. The Bertz CT molecular complexity index is 150. The van der Waals surface area contributed by atoms with Gasteiger partial charge in [-0.1, -0.05) is 0 Å². The van der Waals surface area contributed by atoms with Crippen LogP contribution in [0.2, 0.25) is 0 Å². The van der Waals surface area contributed by atoms with Gasteiger partial charge in [-0.05, 0) is 0 Å². The quantitative estimate of drug-likeness (QED) is 0.361. The summed E-state index contributed by atoms with van der Waals surface area (Å²) in [5.74, 6) is 0. The summed E-state index contributed by atoms with van der Waals surface area (Å²) in [6, 6.07) is 0. The van der Waals surface area contributed by atoms with Crippen molar-refractivity contribution in [3.63, 3.8) is 0 Å². The fourth-order valence-electron chi connectivity index (χ4n) is 1.05. The Balaban J connectivity index is 2.63. The normalized spacial score (nSPS) is 49.2. The van der Waals surface area contributed by atoms with Gasteiger partial charge in [0, 0.05) is 0 Å². The van der Waals surface area contributed by atoms with Crippen LogP contribution >= 0.6 is 0 Å². The van der Waals surface area contributed by atoms with E-state index in [-0.39, 0.29) is 0 Å². The van der Waals surface area contributed by atoms with E-state index in [4.69, 9.17) is 14.9 Å². The SMILES string of the molecule is OC[C@H]1O[CH]([Fe])[C@H](O)[C@@H](O)[C@@H]1O. The molecule has 1 rings (SSSR count). The van der Waals surface area contributed by atoms with Crippen LogP contribution in [0.15, 0.2) is 0 Å². The molecule has 1 saturated heterocycles. The second-order valence-corrected chi connectivity index (χ2v) is 3.29. The zero-order valence-corrected chi connectivity index (χ0v) is 7.25. The predicted octanol–water partition coefficient (Wildman–Crippen LogP) is -2.67. The molecule has 0 aromatic rings. The summed E-state index contributed by atoms with van der Waals surface area (Å²) in [7, 11) is 0. The first kappa shape index (κ1) is 10.4. The molecular weight excluding hydrogens is 208 g/mol. The van der Waals surface area contributed by atoms with E-state index in [1.807, 2.05) is 0 Å². The Morgan fingerprint density at radius 1 is 1.08 bits per heavy atom. The molecule has 4 N–H and O–H groups in total. The average molecular weight is 219 g/mol. The van der Waals surface area contributed by atoms with E-state index in [1.54, 1.807) is 0 Å². The fraction of sp³-hybridized carbons (Fsp3) is 1.00. The molecule has 0 amide bonds. The van der Waals surface area contributed by atoms with Gasteiger partial charge in [0.15, 0.2) is 0 Å². The summed E-state index contributed by atoms with van der Waals surface area (Å²) in [6.07, 6.45) is -4.64.